The SMILES string of the molecule is Cc1ccccc1N1CCN(C2CCCN(CCC(=O)NC(C)C)C2)CC1.Cl.Cl. The maximum atomic E-state index is 11.9. The van der Waals surface area contributed by atoms with Crippen molar-refractivity contribution in [3.63, 3.8) is 0 Å². The second-order valence-electron chi connectivity index (χ2n) is 8.38. The van der Waals surface area contributed by atoms with Gasteiger partial charge in [-0.15, -0.1) is 24.8 Å². The van der Waals surface area contributed by atoms with Crippen molar-refractivity contribution in [2.24, 2.45) is 0 Å². The summed E-state index contributed by atoms with van der Waals surface area (Å²) in [5, 5.41) is 3.00. The highest BCUT2D eigenvalue weighted by Crippen LogP contribution is 2.23. The first-order chi connectivity index (χ1) is 13.0. The number of benzene rings is 1. The van der Waals surface area contributed by atoms with Crippen molar-refractivity contribution < 1.29 is 4.79 Å². The summed E-state index contributed by atoms with van der Waals surface area (Å²) < 4.78 is 0. The van der Waals surface area contributed by atoms with Gasteiger partial charge in [-0.25, -0.2) is 0 Å². The van der Waals surface area contributed by atoms with Gasteiger partial charge in [0.25, 0.3) is 0 Å². The second-order valence-corrected chi connectivity index (χ2v) is 8.38. The van der Waals surface area contributed by atoms with Gasteiger partial charge >= 0.3 is 0 Å². The van der Waals surface area contributed by atoms with Crippen LogP contribution < -0.4 is 10.2 Å². The van der Waals surface area contributed by atoms with Crippen molar-refractivity contribution in [3.8, 4) is 0 Å². The van der Waals surface area contributed by atoms with E-state index in [4.69, 9.17) is 0 Å². The molecule has 0 radical (unpaired) electrons. The van der Waals surface area contributed by atoms with Gasteiger partial charge in [0.2, 0.25) is 5.91 Å². The predicted molar refractivity (Wildman–Crippen MR) is 127 cm³/mol. The highest BCUT2D eigenvalue weighted by Gasteiger charge is 2.28. The number of nitrogens with zero attached hydrogens (tertiary/aromatic N) is 3. The monoisotopic (exact) mass is 444 g/mol. The molecule has 0 saturated carbocycles. The van der Waals surface area contributed by atoms with Crippen molar-refractivity contribution in [1.29, 1.82) is 0 Å². The van der Waals surface area contributed by atoms with E-state index in [1.165, 1.54) is 24.1 Å². The molecule has 0 spiro atoms. The van der Waals surface area contributed by atoms with Crippen LogP contribution in [-0.2, 0) is 4.79 Å². The quantitative estimate of drug-likeness (QED) is 0.729. The van der Waals surface area contributed by atoms with E-state index in [-0.39, 0.29) is 36.8 Å². The molecule has 1 unspecified atom stereocenters. The Balaban J connectivity index is 0.00000210. The zero-order valence-corrected chi connectivity index (χ0v) is 19.7. The number of anilines is 1. The number of nitrogens with one attached hydrogen (secondary N) is 1. The molecule has 0 aliphatic carbocycles. The number of aryl methyl sites for hydroxylation is 1. The van der Waals surface area contributed by atoms with E-state index in [0.717, 1.165) is 45.8 Å². The third-order valence-electron chi connectivity index (χ3n) is 5.87. The molecule has 7 heteroatoms. The molecule has 1 atom stereocenters. The lowest BCUT2D eigenvalue weighted by Crippen LogP contribution is -2.55. The van der Waals surface area contributed by atoms with E-state index >= 15 is 0 Å². The Morgan fingerprint density at radius 3 is 2.45 bits per heavy atom. The zero-order valence-electron chi connectivity index (χ0n) is 18.1. The normalized spacial score (nSPS) is 20.7. The summed E-state index contributed by atoms with van der Waals surface area (Å²) in [5.41, 5.74) is 2.76. The van der Waals surface area contributed by atoms with Crippen LogP contribution in [-0.4, -0.2) is 73.6 Å². The molecule has 5 nitrogen and oxygen atoms in total. The smallest absolute Gasteiger partial charge is 0.221 e. The number of carbonyl (C=O) groups excluding carboxylic acids is 1. The average molecular weight is 445 g/mol. The third kappa shape index (κ3) is 7.63. The van der Waals surface area contributed by atoms with E-state index in [1.807, 2.05) is 13.8 Å². The minimum Gasteiger partial charge on any atom is -0.369 e. The van der Waals surface area contributed by atoms with Gasteiger partial charge in [-0.2, -0.15) is 0 Å². The summed E-state index contributed by atoms with van der Waals surface area (Å²) in [6, 6.07) is 9.59. The van der Waals surface area contributed by atoms with Crippen molar-refractivity contribution in [1.82, 2.24) is 15.1 Å². The predicted octanol–water partition coefficient (Wildman–Crippen LogP) is 3.34. The number of para-hydroxylation sites is 1. The first-order valence-corrected chi connectivity index (χ1v) is 10.6. The van der Waals surface area contributed by atoms with Gasteiger partial charge in [-0.3, -0.25) is 9.69 Å². The summed E-state index contributed by atoms with van der Waals surface area (Å²) in [5.74, 6) is 0.180. The Morgan fingerprint density at radius 1 is 1.10 bits per heavy atom. The minimum absolute atomic E-state index is 0. The minimum atomic E-state index is 0. The number of piperazine rings is 1. The molecule has 29 heavy (non-hydrogen) atoms. The summed E-state index contributed by atoms with van der Waals surface area (Å²) in [4.78, 5) is 19.6. The molecular weight excluding hydrogens is 407 g/mol. The molecule has 2 fully saturated rings. The number of likely N-dealkylation sites (tertiary alicyclic amines) is 1. The largest absolute Gasteiger partial charge is 0.369 e. The highest BCUT2D eigenvalue weighted by molar-refractivity contribution is 5.85. The van der Waals surface area contributed by atoms with Gasteiger partial charge in [0, 0.05) is 63.5 Å². The number of hydrogen-bond donors (Lipinski definition) is 1. The lowest BCUT2D eigenvalue weighted by molar-refractivity contribution is -0.122. The Labute approximate surface area is 189 Å². The number of hydrogen-bond acceptors (Lipinski definition) is 4. The Morgan fingerprint density at radius 2 is 1.79 bits per heavy atom. The Bertz CT molecular complexity index is 621. The molecular formula is C22H38Cl2N4O. The summed E-state index contributed by atoms with van der Waals surface area (Å²) >= 11 is 0. The average Bonchev–Trinajstić information content (AvgIpc) is 2.67. The maximum absolute atomic E-state index is 11.9. The molecule has 2 saturated heterocycles. The number of carbonyl (C=O) groups is 1. The molecule has 2 aliphatic rings. The van der Waals surface area contributed by atoms with Gasteiger partial charge in [0.15, 0.2) is 0 Å². The van der Waals surface area contributed by atoms with Crippen LogP contribution >= 0.6 is 24.8 Å². The molecule has 1 N–H and O–H groups in total. The number of piperidine rings is 1. The summed E-state index contributed by atoms with van der Waals surface area (Å²) in [6.07, 6.45) is 3.15. The molecule has 0 bridgehead atoms. The fraction of sp³-hybridized carbons (Fsp3) is 0.682. The topological polar surface area (TPSA) is 38.8 Å². The molecule has 1 aromatic carbocycles. The van der Waals surface area contributed by atoms with Crippen LogP contribution in [0.5, 0.6) is 0 Å². The lowest BCUT2D eigenvalue weighted by atomic mass is 10.0. The van der Waals surface area contributed by atoms with Gasteiger partial charge in [0.05, 0.1) is 0 Å². The fourth-order valence-electron chi connectivity index (χ4n) is 4.43. The number of rotatable bonds is 6. The Hall–Kier alpha value is -1.01. The van der Waals surface area contributed by atoms with Crippen molar-refractivity contribution in [3.05, 3.63) is 29.8 Å². The van der Waals surface area contributed by atoms with Crippen LogP contribution in [0, 0.1) is 6.92 Å². The second kappa shape index (κ2) is 12.6. The summed E-state index contributed by atoms with van der Waals surface area (Å²) in [6.45, 7) is 13.9. The van der Waals surface area contributed by atoms with E-state index in [1.54, 1.807) is 0 Å². The van der Waals surface area contributed by atoms with Crippen LogP contribution in [0.3, 0.4) is 0 Å². The zero-order chi connectivity index (χ0) is 19.2. The van der Waals surface area contributed by atoms with Crippen LogP contribution in [0.2, 0.25) is 0 Å². The molecule has 3 rings (SSSR count). The molecule has 1 amide bonds. The van der Waals surface area contributed by atoms with Crippen LogP contribution in [0.25, 0.3) is 0 Å². The van der Waals surface area contributed by atoms with Crippen LogP contribution in [0.15, 0.2) is 24.3 Å². The first kappa shape index (κ1) is 26.0. The summed E-state index contributed by atoms with van der Waals surface area (Å²) in [7, 11) is 0. The van der Waals surface area contributed by atoms with E-state index < -0.39 is 0 Å². The Kier molecular flexibility index (Phi) is 11.3. The van der Waals surface area contributed by atoms with Crippen LogP contribution in [0.1, 0.15) is 38.7 Å². The maximum Gasteiger partial charge on any atom is 0.221 e. The van der Waals surface area contributed by atoms with E-state index in [0.29, 0.717) is 12.5 Å². The number of halogens is 2. The third-order valence-corrected chi connectivity index (χ3v) is 5.87. The van der Waals surface area contributed by atoms with E-state index in [2.05, 4.69) is 51.2 Å². The highest BCUT2D eigenvalue weighted by atomic mass is 35.5. The van der Waals surface area contributed by atoms with Gasteiger partial charge in [-0.05, 0) is 51.8 Å². The van der Waals surface area contributed by atoms with Gasteiger partial charge < -0.3 is 15.1 Å². The molecule has 166 valence electrons. The van der Waals surface area contributed by atoms with Crippen molar-refractivity contribution in [2.45, 2.75) is 52.1 Å². The van der Waals surface area contributed by atoms with Crippen molar-refractivity contribution in [2.75, 3.05) is 50.7 Å². The van der Waals surface area contributed by atoms with Gasteiger partial charge in [0.1, 0.15) is 0 Å². The molecule has 2 heterocycles. The first-order valence-electron chi connectivity index (χ1n) is 10.6. The molecule has 0 aromatic heterocycles. The number of amides is 1. The fourth-order valence-corrected chi connectivity index (χ4v) is 4.43. The molecule has 2 aliphatic heterocycles. The molecule has 1 aromatic rings. The van der Waals surface area contributed by atoms with Crippen molar-refractivity contribution >= 4 is 36.4 Å². The van der Waals surface area contributed by atoms with Crippen LogP contribution in [0.4, 0.5) is 5.69 Å². The van der Waals surface area contributed by atoms with Gasteiger partial charge in [-0.1, -0.05) is 18.2 Å². The standard InChI is InChI=1S/C22H36N4O.2ClH/c1-18(2)23-22(27)10-12-24-11-6-8-20(17-24)25-13-15-26(16-14-25)21-9-5-4-7-19(21)3;;/h4-5,7,9,18,20H,6,8,10-17H2,1-3H3,(H,23,27);2*1H. The van der Waals surface area contributed by atoms with E-state index in [9.17, 15) is 4.79 Å². The lowest BCUT2D eigenvalue weighted by Gasteiger charge is -2.44.